The van der Waals surface area contributed by atoms with Crippen LogP contribution in [-0.2, 0) is 0 Å². The van der Waals surface area contributed by atoms with Crippen molar-refractivity contribution in [2.24, 2.45) is 0 Å². The lowest BCUT2D eigenvalue weighted by Crippen LogP contribution is -2.35. The second kappa shape index (κ2) is 11.1. The maximum Gasteiger partial charge on any atom is 0.255 e. The zero-order chi connectivity index (χ0) is 25.9. The van der Waals surface area contributed by atoms with E-state index in [1.165, 1.54) is 0 Å². The van der Waals surface area contributed by atoms with E-state index in [2.05, 4.69) is 23.8 Å². The van der Waals surface area contributed by atoms with Gasteiger partial charge in [-0.2, -0.15) is 5.10 Å². The second-order valence-corrected chi connectivity index (χ2v) is 10.3. The summed E-state index contributed by atoms with van der Waals surface area (Å²) in [5.41, 5.74) is 2.24. The van der Waals surface area contributed by atoms with Gasteiger partial charge in [0.25, 0.3) is 5.91 Å². The lowest BCUT2D eigenvalue weighted by molar-refractivity contribution is 0.0767. The van der Waals surface area contributed by atoms with Gasteiger partial charge in [-0.25, -0.2) is 14.6 Å². The fraction of sp³-hybridized carbons (Fsp3) is 0.357. The third kappa shape index (κ3) is 5.29. The maximum atomic E-state index is 13.3. The number of nitrogens with zero attached hydrogens (tertiary/aromatic N) is 6. The molecule has 0 bridgehead atoms. The summed E-state index contributed by atoms with van der Waals surface area (Å²) in [6, 6.07) is 15.1. The Kier molecular flexibility index (Phi) is 7.63. The van der Waals surface area contributed by atoms with Crippen molar-refractivity contribution in [1.82, 2.24) is 24.6 Å². The first-order valence-electron chi connectivity index (χ1n) is 12.8. The lowest BCUT2D eigenvalue weighted by atomic mass is 10.1. The van der Waals surface area contributed by atoms with Crippen LogP contribution in [0.4, 0.5) is 5.82 Å². The summed E-state index contributed by atoms with van der Waals surface area (Å²) in [6.07, 6.45) is 4.74. The van der Waals surface area contributed by atoms with Crippen LogP contribution in [0.25, 0.3) is 16.7 Å². The Balaban J connectivity index is 1.48. The summed E-state index contributed by atoms with van der Waals surface area (Å²) < 4.78 is 1.89. The first-order valence-corrected chi connectivity index (χ1v) is 13.5. The number of aromatic nitrogens is 4. The fourth-order valence-electron chi connectivity index (χ4n) is 4.86. The summed E-state index contributed by atoms with van der Waals surface area (Å²) in [6.45, 7) is 7.00. The molecular formula is C28H30Cl2N6O. The van der Waals surface area contributed by atoms with Crippen LogP contribution in [0.2, 0.25) is 10.0 Å². The van der Waals surface area contributed by atoms with E-state index in [1.807, 2.05) is 46.1 Å². The second-order valence-electron chi connectivity index (χ2n) is 9.48. The van der Waals surface area contributed by atoms with E-state index in [0.717, 1.165) is 54.2 Å². The zero-order valence-electron chi connectivity index (χ0n) is 21.1. The quantitative estimate of drug-likeness (QED) is 0.286. The van der Waals surface area contributed by atoms with Crippen molar-refractivity contribution in [3.8, 4) is 5.69 Å². The Morgan fingerprint density at radius 1 is 1.03 bits per heavy atom. The number of carbonyl (C=O) groups is 1. The highest BCUT2D eigenvalue weighted by molar-refractivity contribution is 6.36. The number of para-hydroxylation sites is 1. The molecule has 1 aliphatic heterocycles. The molecule has 1 atom stereocenters. The van der Waals surface area contributed by atoms with Crippen LogP contribution in [0.1, 0.15) is 55.2 Å². The molecule has 2 aromatic heterocycles. The van der Waals surface area contributed by atoms with Crippen LogP contribution >= 0.6 is 23.2 Å². The zero-order valence-corrected chi connectivity index (χ0v) is 22.6. The van der Waals surface area contributed by atoms with Gasteiger partial charge in [0.15, 0.2) is 5.65 Å². The first-order chi connectivity index (χ1) is 18.0. The lowest BCUT2D eigenvalue weighted by Gasteiger charge is -2.24. The molecule has 1 fully saturated rings. The van der Waals surface area contributed by atoms with Gasteiger partial charge >= 0.3 is 0 Å². The Hall–Kier alpha value is -3.16. The first kappa shape index (κ1) is 25.5. The Bertz CT molecular complexity index is 1410. The molecule has 5 rings (SSSR count). The molecule has 7 nitrogen and oxygen atoms in total. The summed E-state index contributed by atoms with van der Waals surface area (Å²) in [5, 5.41) is 6.49. The van der Waals surface area contributed by atoms with Gasteiger partial charge in [0.2, 0.25) is 0 Å². The monoisotopic (exact) mass is 536 g/mol. The van der Waals surface area contributed by atoms with Crippen molar-refractivity contribution in [2.75, 3.05) is 31.1 Å². The molecule has 2 aromatic carbocycles. The molecule has 1 unspecified atom stereocenters. The predicted octanol–water partition coefficient (Wildman–Crippen LogP) is 6.38. The minimum atomic E-state index is -0.0782. The molecule has 1 amide bonds. The van der Waals surface area contributed by atoms with Crippen LogP contribution < -0.4 is 4.90 Å². The Morgan fingerprint density at radius 3 is 2.59 bits per heavy atom. The van der Waals surface area contributed by atoms with Gasteiger partial charge in [0.1, 0.15) is 11.6 Å². The van der Waals surface area contributed by atoms with E-state index in [-0.39, 0.29) is 11.8 Å². The predicted molar refractivity (Wildman–Crippen MR) is 149 cm³/mol. The summed E-state index contributed by atoms with van der Waals surface area (Å²) in [7, 11) is 0. The molecular weight excluding hydrogens is 507 g/mol. The SMILES string of the molecule is CCCC(C)c1nc(N2CCCN(C(=O)c3ccc(Cl)cc3Cl)CC2)c2cnn(-c3ccccc3)c2n1. The number of benzene rings is 2. The standard InChI is InChI=1S/C28H30Cl2N6O/c1-3-8-19(2)25-32-26(23-18-31-36(27(23)33-25)21-9-5-4-6-10-21)34-13-7-14-35(16-15-34)28(37)22-12-11-20(29)17-24(22)30/h4-6,9-12,17-19H,3,7-8,13-16H2,1-2H3. The smallest absolute Gasteiger partial charge is 0.255 e. The molecule has 0 spiro atoms. The molecule has 37 heavy (non-hydrogen) atoms. The summed E-state index contributed by atoms with van der Waals surface area (Å²) in [4.78, 5) is 27.4. The topological polar surface area (TPSA) is 67.2 Å². The van der Waals surface area contributed by atoms with E-state index < -0.39 is 0 Å². The van der Waals surface area contributed by atoms with Crippen molar-refractivity contribution in [3.63, 3.8) is 0 Å². The van der Waals surface area contributed by atoms with Crippen molar-refractivity contribution < 1.29 is 4.79 Å². The van der Waals surface area contributed by atoms with E-state index in [0.29, 0.717) is 35.2 Å². The van der Waals surface area contributed by atoms with E-state index in [4.69, 9.17) is 33.2 Å². The number of fused-ring (bicyclic) bond motifs is 1. The van der Waals surface area contributed by atoms with Gasteiger partial charge in [-0.05, 0) is 43.2 Å². The summed E-state index contributed by atoms with van der Waals surface area (Å²) >= 11 is 12.4. The number of anilines is 1. The van der Waals surface area contributed by atoms with E-state index in [1.54, 1.807) is 18.2 Å². The minimum absolute atomic E-state index is 0.0782. The average molecular weight is 537 g/mol. The highest BCUT2D eigenvalue weighted by atomic mass is 35.5. The average Bonchev–Trinajstić information content (AvgIpc) is 3.17. The number of hydrogen-bond acceptors (Lipinski definition) is 5. The largest absolute Gasteiger partial charge is 0.354 e. The number of amides is 1. The van der Waals surface area contributed by atoms with Gasteiger partial charge in [-0.3, -0.25) is 4.79 Å². The van der Waals surface area contributed by atoms with Gasteiger partial charge in [-0.1, -0.05) is 61.7 Å². The number of halogens is 2. The minimum Gasteiger partial charge on any atom is -0.354 e. The molecule has 192 valence electrons. The molecule has 0 N–H and O–H groups in total. The number of carbonyl (C=O) groups excluding carboxylic acids is 1. The van der Waals surface area contributed by atoms with Crippen molar-refractivity contribution in [1.29, 1.82) is 0 Å². The van der Waals surface area contributed by atoms with Crippen molar-refractivity contribution in [3.05, 3.63) is 76.2 Å². The molecule has 1 aliphatic rings. The Morgan fingerprint density at radius 2 is 1.84 bits per heavy atom. The van der Waals surface area contributed by atoms with Crippen LogP contribution in [0.5, 0.6) is 0 Å². The molecule has 9 heteroatoms. The Labute approximate surface area is 227 Å². The molecule has 0 aliphatic carbocycles. The fourth-order valence-corrected chi connectivity index (χ4v) is 5.35. The third-order valence-electron chi connectivity index (χ3n) is 6.83. The van der Waals surface area contributed by atoms with Gasteiger partial charge in [-0.15, -0.1) is 0 Å². The van der Waals surface area contributed by atoms with Gasteiger partial charge in [0.05, 0.1) is 27.9 Å². The molecule has 0 saturated carbocycles. The maximum absolute atomic E-state index is 13.3. The molecule has 3 heterocycles. The van der Waals surface area contributed by atoms with E-state index >= 15 is 0 Å². The number of hydrogen-bond donors (Lipinski definition) is 0. The van der Waals surface area contributed by atoms with Crippen molar-refractivity contribution >= 4 is 46.0 Å². The highest BCUT2D eigenvalue weighted by Crippen LogP contribution is 2.30. The van der Waals surface area contributed by atoms with Crippen LogP contribution in [-0.4, -0.2) is 56.7 Å². The van der Waals surface area contributed by atoms with Gasteiger partial charge < -0.3 is 9.80 Å². The van der Waals surface area contributed by atoms with Gasteiger partial charge in [0, 0.05) is 37.1 Å². The normalized spacial score (nSPS) is 15.1. The summed E-state index contributed by atoms with van der Waals surface area (Å²) in [5.74, 6) is 1.85. The van der Waals surface area contributed by atoms with E-state index in [9.17, 15) is 4.79 Å². The van der Waals surface area contributed by atoms with Crippen LogP contribution in [0.3, 0.4) is 0 Å². The van der Waals surface area contributed by atoms with Crippen LogP contribution in [0.15, 0.2) is 54.7 Å². The molecule has 1 saturated heterocycles. The number of rotatable bonds is 6. The van der Waals surface area contributed by atoms with Crippen molar-refractivity contribution in [2.45, 2.75) is 39.0 Å². The van der Waals surface area contributed by atoms with Crippen LogP contribution in [0, 0.1) is 0 Å². The molecule has 0 radical (unpaired) electrons. The highest BCUT2D eigenvalue weighted by Gasteiger charge is 2.26. The third-order valence-corrected chi connectivity index (χ3v) is 7.38. The molecule has 4 aromatic rings.